The molecule has 0 bridgehead atoms. The zero-order chi connectivity index (χ0) is 20.7. The van der Waals surface area contributed by atoms with E-state index in [0.29, 0.717) is 5.92 Å². The summed E-state index contributed by atoms with van der Waals surface area (Å²) >= 11 is 0. The summed E-state index contributed by atoms with van der Waals surface area (Å²) < 4.78 is 6.04. The molecule has 156 valence electrons. The molecule has 0 N–H and O–H groups in total. The summed E-state index contributed by atoms with van der Waals surface area (Å²) in [6.07, 6.45) is 25.8. The van der Waals surface area contributed by atoms with Gasteiger partial charge in [0.15, 0.2) is 0 Å². The minimum Gasteiger partial charge on any atom is -0.494 e. The van der Waals surface area contributed by atoms with Crippen LogP contribution in [0.4, 0.5) is 0 Å². The molecule has 0 radical (unpaired) electrons. The number of benzene rings is 1. The number of hydrogen-bond acceptors (Lipinski definition) is 1. The average molecular weight is 391 g/mol. The third kappa shape index (κ3) is 10.7. The second-order valence-electron chi connectivity index (χ2n) is 8.07. The van der Waals surface area contributed by atoms with Crippen LogP contribution in [0.1, 0.15) is 57.9 Å². The average Bonchev–Trinajstić information content (AvgIpc) is 3.53. The molecule has 2 rings (SSSR count). The highest BCUT2D eigenvalue weighted by Crippen LogP contribution is 2.39. The van der Waals surface area contributed by atoms with Gasteiger partial charge in [0.1, 0.15) is 5.75 Å². The third-order valence-electron chi connectivity index (χ3n) is 5.08. The lowest BCUT2D eigenvalue weighted by atomic mass is 9.99. The van der Waals surface area contributed by atoms with Crippen molar-refractivity contribution in [2.75, 3.05) is 6.61 Å². The molecule has 0 amide bonds. The molecule has 1 aliphatic carbocycles. The Bertz CT molecular complexity index is 716. The molecule has 0 heterocycles. The van der Waals surface area contributed by atoms with Gasteiger partial charge in [-0.15, -0.1) is 0 Å². The molecule has 0 aromatic heterocycles. The number of allylic oxidation sites excluding steroid dienone is 9. The van der Waals surface area contributed by atoms with Crippen molar-refractivity contribution >= 4 is 0 Å². The van der Waals surface area contributed by atoms with Gasteiger partial charge in [0, 0.05) is 0 Å². The maximum Gasteiger partial charge on any atom is 0.119 e. The first-order chi connectivity index (χ1) is 14.2. The first kappa shape index (κ1) is 23.0. The van der Waals surface area contributed by atoms with E-state index in [1.165, 1.54) is 24.0 Å². The van der Waals surface area contributed by atoms with Crippen molar-refractivity contribution in [1.29, 1.82) is 0 Å². The molecule has 0 aliphatic heterocycles. The molecule has 1 nitrogen and oxygen atoms in total. The maximum absolute atomic E-state index is 6.04. The van der Waals surface area contributed by atoms with E-state index in [-0.39, 0.29) is 0 Å². The van der Waals surface area contributed by atoms with Gasteiger partial charge in [0.2, 0.25) is 0 Å². The quantitative estimate of drug-likeness (QED) is 0.177. The van der Waals surface area contributed by atoms with Crippen LogP contribution in [0.2, 0.25) is 0 Å². The van der Waals surface area contributed by atoms with Crippen LogP contribution in [0.3, 0.4) is 0 Å². The van der Waals surface area contributed by atoms with Crippen molar-refractivity contribution in [3.8, 4) is 5.75 Å². The molecule has 1 atom stereocenters. The fraction of sp³-hybridized carbons (Fsp3) is 0.429. The van der Waals surface area contributed by atoms with Crippen LogP contribution in [0, 0.1) is 11.8 Å². The standard InChI is InChI=1S/C28H38O/c1-4-5-6-7-8-9-10-11-12-13-16-26(27-18-19-27)20-21-29-28-17-14-15-25(23-28)22-24(2)3/h5-6,9-17,23,26-27H,2,4,7-8,18-22H2,1,3H3/b6-5-,10-9+,12-11-,16-13+. The van der Waals surface area contributed by atoms with E-state index >= 15 is 0 Å². The van der Waals surface area contributed by atoms with E-state index in [1.807, 2.05) is 0 Å². The zero-order valence-corrected chi connectivity index (χ0v) is 18.4. The lowest BCUT2D eigenvalue weighted by Crippen LogP contribution is -2.07. The largest absolute Gasteiger partial charge is 0.494 e. The van der Waals surface area contributed by atoms with Crippen LogP contribution in [0.15, 0.2) is 85.0 Å². The van der Waals surface area contributed by atoms with E-state index in [4.69, 9.17) is 4.74 Å². The summed E-state index contributed by atoms with van der Waals surface area (Å²) in [5.41, 5.74) is 2.45. The molecule has 1 aromatic rings. The molecule has 1 aromatic carbocycles. The molecule has 1 heteroatoms. The van der Waals surface area contributed by atoms with Crippen LogP contribution in [0.25, 0.3) is 0 Å². The van der Waals surface area contributed by atoms with E-state index in [0.717, 1.165) is 50.4 Å². The molecule has 1 aliphatic rings. The highest BCUT2D eigenvalue weighted by Gasteiger charge is 2.29. The highest BCUT2D eigenvalue weighted by atomic mass is 16.5. The molecule has 0 spiro atoms. The Morgan fingerprint density at radius 3 is 2.66 bits per heavy atom. The van der Waals surface area contributed by atoms with Gasteiger partial charge >= 0.3 is 0 Å². The monoisotopic (exact) mass is 390 g/mol. The normalized spacial score (nSPS) is 15.8. The highest BCUT2D eigenvalue weighted by molar-refractivity contribution is 5.30. The number of unbranched alkanes of at least 4 members (excludes halogenated alkanes) is 1. The van der Waals surface area contributed by atoms with Gasteiger partial charge in [-0.3, -0.25) is 0 Å². The van der Waals surface area contributed by atoms with Gasteiger partial charge in [-0.2, -0.15) is 0 Å². The van der Waals surface area contributed by atoms with Gasteiger partial charge in [-0.05, 0) is 81.4 Å². The van der Waals surface area contributed by atoms with Gasteiger partial charge in [0.05, 0.1) is 6.61 Å². The van der Waals surface area contributed by atoms with Gasteiger partial charge in [-0.1, -0.05) is 79.8 Å². The third-order valence-corrected chi connectivity index (χ3v) is 5.08. The summed E-state index contributed by atoms with van der Waals surface area (Å²) in [5, 5.41) is 0. The minimum atomic E-state index is 0.626. The zero-order valence-electron chi connectivity index (χ0n) is 18.4. The van der Waals surface area contributed by atoms with Crippen molar-refractivity contribution in [3.63, 3.8) is 0 Å². The Kier molecular flexibility index (Phi) is 11.0. The minimum absolute atomic E-state index is 0.626. The van der Waals surface area contributed by atoms with Crippen LogP contribution < -0.4 is 4.74 Å². The predicted octanol–water partition coefficient (Wildman–Crippen LogP) is 8.02. The smallest absolute Gasteiger partial charge is 0.119 e. The van der Waals surface area contributed by atoms with Gasteiger partial charge < -0.3 is 4.74 Å². The van der Waals surface area contributed by atoms with Crippen LogP contribution in [-0.4, -0.2) is 6.61 Å². The fourth-order valence-corrected chi connectivity index (χ4v) is 3.41. The van der Waals surface area contributed by atoms with Crippen molar-refractivity contribution in [1.82, 2.24) is 0 Å². The maximum atomic E-state index is 6.04. The summed E-state index contributed by atoms with van der Waals surface area (Å²) in [5.74, 6) is 2.45. The second-order valence-corrected chi connectivity index (χ2v) is 8.07. The van der Waals surface area contributed by atoms with Crippen LogP contribution in [0.5, 0.6) is 5.75 Å². The SMILES string of the molecule is C=C(C)Cc1cccc(OCCC(/C=C/C=C\C=C\CC/C=C\CC)C2CC2)c1. The van der Waals surface area contributed by atoms with Crippen molar-refractivity contribution < 1.29 is 4.74 Å². The van der Waals surface area contributed by atoms with Gasteiger partial charge in [0.25, 0.3) is 0 Å². The van der Waals surface area contributed by atoms with Crippen LogP contribution in [-0.2, 0) is 6.42 Å². The summed E-state index contributed by atoms with van der Waals surface area (Å²) in [6.45, 7) is 9.01. The van der Waals surface area contributed by atoms with Crippen molar-refractivity contribution in [3.05, 3.63) is 90.6 Å². The molecular weight excluding hydrogens is 352 g/mol. The fourth-order valence-electron chi connectivity index (χ4n) is 3.41. The Morgan fingerprint density at radius 2 is 1.90 bits per heavy atom. The molecule has 1 fully saturated rings. The summed E-state index contributed by atoms with van der Waals surface area (Å²) in [4.78, 5) is 0. The Morgan fingerprint density at radius 1 is 1.10 bits per heavy atom. The number of ether oxygens (including phenoxy) is 1. The summed E-state index contributed by atoms with van der Waals surface area (Å²) in [7, 11) is 0. The lowest BCUT2D eigenvalue weighted by Gasteiger charge is -2.13. The van der Waals surface area contributed by atoms with Crippen molar-refractivity contribution in [2.24, 2.45) is 11.8 Å². The Labute approximate surface area is 178 Å². The Hall–Kier alpha value is -2.28. The lowest BCUT2D eigenvalue weighted by molar-refractivity contribution is 0.284. The Balaban J connectivity index is 1.71. The van der Waals surface area contributed by atoms with Gasteiger partial charge in [-0.25, -0.2) is 0 Å². The number of rotatable bonds is 14. The van der Waals surface area contributed by atoms with Crippen molar-refractivity contribution in [2.45, 2.75) is 58.8 Å². The first-order valence-corrected chi connectivity index (χ1v) is 11.2. The summed E-state index contributed by atoms with van der Waals surface area (Å²) in [6, 6.07) is 8.41. The first-order valence-electron chi connectivity index (χ1n) is 11.2. The molecule has 1 saturated carbocycles. The van der Waals surface area contributed by atoms with E-state index in [9.17, 15) is 0 Å². The second kappa shape index (κ2) is 13.8. The van der Waals surface area contributed by atoms with Crippen LogP contribution >= 0.6 is 0 Å². The van der Waals surface area contributed by atoms with E-state index in [2.05, 4.69) is 93.3 Å². The molecule has 29 heavy (non-hydrogen) atoms. The molecule has 1 unspecified atom stereocenters. The van der Waals surface area contributed by atoms with E-state index in [1.54, 1.807) is 0 Å². The predicted molar refractivity (Wildman–Crippen MR) is 127 cm³/mol. The number of hydrogen-bond donors (Lipinski definition) is 0. The molecular formula is C28H38O. The molecule has 0 saturated heterocycles. The topological polar surface area (TPSA) is 9.23 Å². The van der Waals surface area contributed by atoms with E-state index < -0.39 is 0 Å².